The van der Waals surface area contributed by atoms with Crippen LogP contribution in [-0.2, 0) is 4.74 Å². The molecule has 1 aliphatic heterocycles. The highest BCUT2D eigenvalue weighted by atomic mass is 16.6. The van der Waals surface area contributed by atoms with Gasteiger partial charge in [-0.1, -0.05) is 0 Å². The van der Waals surface area contributed by atoms with E-state index in [1.165, 1.54) is 0 Å². The molecule has 0 saturated carbocycles. The Hall–Kier alpha value is -1.26. The lowest BCUT2D eigenvalue weighted by atomic mass is 10.6. The second-order valence-electron chi connectivity index (χ2n) is 1.60. The SMILES string of the molecule is NC(=O)N1CCOC1=O. The minimum absolute atomic E-state index is 0.252. The van der Waals surface area contributed by atoms with Crippen LogP contribution in [0.15, 0.2) is 0 Å². The number of amides is 3. The first-order valence-corrected chi connectivity index (χ1v) is 2.45. The summed E-state index contributed by atoms with van der Waals surface area (Å²) >= 11 is 0. The van der Waals surface area contributed by atoms with Crippen LogP contribution in [0.2, 0.25) is 0 Å². The maximum Gasteiger partial charge on any atom is 0.418 e. The average molecular weight is 130 g/mol. The number of hydrogen-bond donors (Lipinski definition) is 1. The van der Waals surface area contributed by atoms with Crippen molar-refractivity contribution in [3.63, 3.8) is 0 Å². The summed E-state index contributed by atoms with van der Waals surface area (Å²) in [5.41, 5.74) is 4.77. The van der Waals surface area contributed by atoms with Gasteiger partial charge in [0.2, 0.25) is 0 Å². The molecule has 0 atom stereocenters. The van der Waals surface area contributed by atoms with Crippen molar-refractivity contribution in [3.05, 3.63) is 0 Å². The van der Waals surface area contributed by atoms with Gasteiger partial charge in [0.1, 0.15) is 6.61 Å². The Morgan fingerprint density at radius 1 is 1.78 bits per heavy atom. The highest BCUT2D eigenvalue weighted by Crippen LogP contribution is 2.00. The van der Waals surface area contributed by atoms with Gasteiger partial charge in [-0.15, -0.1) is 0 Å². The number of primary amides is 1. The summed E-state index contributed by atoms with van der Waals surface area (Å²) in [5, 5.41) is 0. The topological polar surface area (TPSA) is 72.6 Å². The Labute approximate surface area is 51.4 Å². The summed E-state index contributed by atoms with van der Waals surface area (Å²) in [6, 6.07) is -0.752. The van der Waals surface area contributed by atoms with Crippen molar-refractivity contribution < 1.29 is 14.3 Å². The van der Waals surface area contributed by atoms with Crippen molar-refractivity contribution in [1.29, 1.82) is 0 Å². The molecule has 5 heteroatoms. The van der Waals surface area contributed by atoms with Gasteiger partial charge in [-0.3, -0.25) is 0 Å². The molecule has 1 aliphatic rings. The number of nitrogens with zero attached hydrogens (tertiary/aromatic N) is 1. The van der Waals surface area contributed by atoms with Crippen LogP contribution in [-0.4, -0.2) is 30.2 Å². The molecular formula is C4H6N2O3. The molecule has 0 aromatic heterocycles. The molecule has 1 saturated heterocycles. The van der Waals surface area contributed by atoms with E-state index in [2.05, 4.69) is 4.74 Å². The molecule has 1 heterocycles. The van der Waals surface area contributed by atoms with E-state index in [-0.39, 0.29) is 13.2 Å². The van der Waals surface area contributed by atoms with E-state index in [0.29, 0.717) is 0 Å². The van der Waals surface area contributed by atoms with Crippen molar-refractivity contribution in [2.75, 3.05) is 13.2 Å². The van der Waals surface area contributed by atoms with E-state index >= 15 is 0 Å². The molecule has 0 radical (unpaired) electrons. The molecule has 5 nitrogen and oxygen atoms in total. The zero-order valence-corrected chi connectivity index (χ0v) is 4.66. The fourth-order valence-electron chi connectivity index (χ4n) is 0.594. The van der Waals surface area contributed by atoms with Crippen LogP contribution in [0.1, 0.15) is 0 Å². The summed E-state index contributed by atoms with van der Waals surface area (Å²) in [5.74, 6) is 0. The first kappa shape index (κ1) is 5.87. The van der Waals surface area contributed by atoms with Crippen molar-refractivity contribution in [1.82, 2.24) is 4.90 Å². The fourth-order valence-corrected chi connectivity index (χ4v) is 0.594. The number of imide groups is 1. The lowest BCUT2D eigenvalue weighted by molar-refractivity contribution is 0.160. The number of urea groups is 1. The number of rotatable bonds is 0. The number of hydrogen-bond acceptors (Lipinski definition) is 3. The summed E-state index contributed by atoms with van der Waals surface area (Å²) in [4.78, 5) is 21.5. The fraction of sp³-hybridized carbons (Fsp3) is 0.500. The monoisotopic (exact) mass is 130 g/mol. The lowest BCUT2D eigenvalue weighted by Crippen LogP contribution is -2.36. The Balaban J connectivity index is 2.60. The van der Waals surface area contributed by atoms with E-state index in [9.17, 15) is 9.59 Å². The van der Waals surface area contributed by atoms with E-state index in [1.54, 1.807) is 0 Å². The highest BCUT2D eigenvalue weighted by Gasteiger charge is 2.25. The van der Waals surface area contributed by atoms with E-state index < -0.39 is 12.1 Å². The van der Waals surface area contributed by atoms with Crippen LogP contribution in [0.3, 0.4) is 0 Å². The molecular weight excluding hydrogens is 124 g/mol. The van der Waals surface area contributed by atoms with Crippen molar-refractivity contribution in [2.24, 2.45) is 5.73 Å². The van der Waals surface area contributed by atoms with Crippen LogP contribution in [0.5, 0.6) is 0 Å². The molecule has 0 aromatic rings. The number of nitrogens with two attached hydrogens (primary N) is 1. The van der Waals surface area contributed by atoms with Gasteiger partial charge >= 0.3 is 12.1 Å². The molecule has 2 N–H and O–H groups in total. The third-order valence-corrected chi connectivity index (χ3v) is 1.03. The van der Waals surface area contributed by atoms with E-state index in [1.807, 2.05) is 0 Å². The van der Waals surface area contributed by atoms with Gasteiger partial charge in [0.15, 0.2) is 0 Å². The molecule has 1 rings (SSSR count). The molecule has 9 heavy (non-hydrogen) atoms. The van der Waals surface area contributed by atoms with Crippen molar-refractivity contribution in [3.8, 4) is 0 Å². The standard InChI is InChI=1S/C4H6N2O3/c5-3(7)6-1-2-9-4(6)8/h1-2H2,(H2,5,7). The van der Waals surface area contributed by atoms with Gasteiger partial charge in [0.05, 0.1) is 6.54 Å². The summed E-state index contributed by atoms with van der Waals surface area (Å²) < 4.78 is 4.41. The zero-order valence-electron chi connectivity index (χ0n) is 4.66. The molecule has 3 amide bonds. The second-order valence-corrected chi connectivity index (χ2v) is 1.60. The third kappa shape index (κ3) is 0.933. The molecule has 1 fully saturated rings. The second kappa shape index (κ2) is 1.93. The Morgan fingerprint density at radius 2 is 2.44 bits per heavy atom. The maximum absolute atomic E-state index is 10.4. The van der Waals surface area contributed by atoms with Crippen LogP contribution in [0.4, 0.5) is 9.59 Å². The predicted molar refractivity (Wildman–Crippen MR) is 27.6 cm³/mol. The average Bonchev–Trinajstić information content (AvgIpc) is 2.13. The lowest BCUT2D eigenvalue weighted by Gasteiger charge is -2.03. The molecule has 0 aliphatic carbocycles. The minimum Gasteiger partial charge on any atom is -0.447 e. The smallest absolute Gasteiger partial charge is 0.418 e. The first-order valence-electron chi connectivity index (χ1n) is 2.45. The molecule has 0 aromatic carbocycles. The van der Waals surface area contributed by atoms with Crippen LogP contribution in [0, 0.1) is 0 Å². The Morgan fingerprint density at radius 3 is 2.67 bits per heavy atom. The predicted octanol–water partition coefficient (Wildman–Crippen LogP) is -0.483. The van der Waals surface area contributed by atoms with Crippen LogP contribution < -0.4 is 5.73 Å². The number of carbonyl (C=O) groups excluding carboxylic acids is 2. The van der Waals surface area contributed by atoms with Crippen molar-refractivity contribution >= 4 is 12.1 Å². The van der Waals surface area contributed by atoms with E-state index in [4.69, 9.17) is 5.73 Å². The summed E-state index contributed by atoms with van der Waals surface area (Å²) in [6.45, 7) is 0.524. The number of ether oxygens (including phenoxy) is 1. The third-order valence-electron chi connectivity index (χ3n) is 1.03. The molecule has 0 spiro atoms. The van der Waals surface area contributed by atoms with Crippen LogP contribution in [0.25, 0.3) is 0 Å². The molecule has 0 bridgehead atoms. The molecule has 0 unspecified atom stereocenters. The minimum atomic E-state index is -0.752. The Kier molecular flexibility index (Phi) is 1.26. The first-order chi connectivity index (χ1) is 4.22. The van der Waals surface area contributed by atoms with Gasteiger partial charge in [0.25, 0.3) is 0 Å². The summed E-state index contributed by atoms with van der Waals surface area (Å²) in [7, 11) is 0. The van der Waals surface area contributed by atoms with Gasteiger partial charge in [0, 0.05) is 0 Å². The van der Waals surface area contributed by atoms with Gasteiger partial charge in [-0.25, -0.2) is 14.5 Å². The largest absolute Gasteiger partial charge is 0.447 e. The van der Waals surface area contributed by atoms with Gasteiger partial charge in [-0.05, 0) is 0 Å². The van der Waals surface area contributed by atoms with Gasteiger partial charge < -0.3 is 10.5 Å². The molecule has 50 valence electrons. The van der Waals surface area contributed by atoms with Crippen molar-refractivity contribution in [2.45, 2.75) is 0 Å². The Bertz CT molecular complexity index is 156. The maximum atomic E-state index is 10.4. The zero-order chi connectivity index (χ0) is 6.85. The van der Waals surface area contributed by atoms with Gasteiger partial charge in [-0.2, -0.15) is 0 Å². The van der Waals surface area contributed by atoms with Crippen LogP contribution >= 0.6 is 0 Å². The normalized spacial score (nSPS) is 17.8. The summed E-state index contributed by atoms with van der Waals surface area (Å²) in [6.07, 6.45) is -0.650. The number of carbonyl (C=O) groups is 2. The van der Waals surface area contributed by atoms with E-state index in [0.717, 1.165) is 4.90 Å². The quantitative estimate of drug-likeness (QED) is 0.481. The highest BCUT2D eigenvalue weighted by molar-refractivity contribution is 5.90. The number of cyclic esters (lactones) is 1.